The number of aliphatic hydroxyl groups is 1. The molecule has 0 amide bonds. The van der Waals surface area contributed by atoms with Gasteiger partial charge in [-0.2, -0.15) is 0 Å². The predicted molar refractivity (Wildman–Crippen MR) is 90.3 cm³/mol. The van der Waals surface area contributed by atoms with Gasteiger partial charge in [0.1, 0.15) is 0 Å². The van der Waals surface area contributed by atoms with Gasteiger partial charge in [-0.3, -0.25) is 0 Å². The monoisotopic (exact) mass is 311 g/mol. The maximum absolute atomic E-state index is 9.58. The number of hydrogen-bond donors (Lipinski definition) is 1. The Labute approximate surface area is 132 Å². The van der Waals surface area contributed by atoms with E-state index in [-0.39, 0.29) is 6.61 Å². The topological polar surface area (TPSA) is 39.6 Å². The van der Waals surface area contributed by atoms with Crippen molar-refractivity contribution < 1.29 is 5.11 Å². The molecule has 1 atom stereocenters. The summed E-state index contributed by atoms with van der Waals surface area (Å²) < 4.78 is 0. The summed E-state index contributed by atoms with van der Waals surface area (Å²) in [6.07, 6.45) is 4.91. The molecule has 120 valence electrons. The van der Waals surface area contributed by atoms with Crippen LogP contribution >= 0.6 is 11.3 Å². The van der Waals surface area contributed by atoms with Crippen molar-refractivity contribution in [3.63, 3.8) is 0 Å². The molecule has 1 aromatic rings. The fraction of sp³-hybridized carbons (Fsp3) is 0.812. The Balaban J connectivity index is 2.16. The largest absolute Gasteiger partial charge is 0.391 e. The molecule has 1 fully saturated rings. The third kappa shape index (κ3) is 3.25. The Morgan fingerprint density at radius 2 is 2.00 bits per heavy atom. The Hall–Kier alpha value is -0.650. The number of aromatic nitrogens is 1. The van der Waals surface area contributed by atoms with Crippen molar-refractivity contribution in [1.82, 2.24) is 9.88 Å². The van der Waals surface area contributed by atoms with Crippen LogP contribution in [0, 0.1) is 0 Å². The molecule has 1 unspecified atom stereocenters. The van der Waals surface area contributed by atoms with Crippen molar-refractivity contribution in [2.24, 2.45) is 0 Å². The van der Waals surface area contributed by atoms with Crippen LogP contribution in [-0.2, 0) is 6.61 Å². The standard InChI is InChI=1S/C16H29N3OS/c1-6-12(2)14-13(10-20)21-15(17-14)19(5)11-16(18(3)4)8-7-9-16/h12,20H,6-11H2,1-5H3. The van der Waals surface area contributed by atoms with Crippen LogP contribution in [0.25, 0.3) is 0 Å². The molecular formula is C16H29N3OS. The molecule has 2 rings (SSSR count). The minimum Gasteiger partial charge on any atom is -0.391 e. The van der Waals surface area contributed by atoms with Crippen LogP contribution in [0.4, 0.5) is 5.13 Å². The fourth-order valence-electron chi connectivity index (χ4n) is 3.05. The molecule has 1 heterocycles. The smallest absolute Gasteiger partial charge is 0.185 e. The van der Waals surface area contributed by atoms with Crippen LogP contribution in [0.2, 0.25) is 0 Å². The Kier molecular flexibility index (Phi) is 5.28. The SMILES string of the molecule is CCC(C)c1nc(N(C)CC2(N(C)C)CCC2)sc1CO. The number of anilines is 1. The zero-order valence-electron chi connectivity index (χ0n) is 14.0. The summed E-state index contributed by atoms with van der Waals surface area (Å²) >= 11 is 1.64. The average Bonchev–Trinajstić information content (AvgIpc) is 2.85. The lowest BCUT2D eigenvalue weighted by Crippen LogP contribution is -2.56. The molecule has 1 aliphatic carbocycles. The van der Waals surface area contributed by atoms with Crippen molar-refractivity contribution >= 4 is 16.5 Å². The first-order valence-electron chi connectivity index (χ1n) is 7.92. The second-order valence-electron chi connectivity index (χ2n) is 6.60. The van der Waals surface area contributed by atoms with Crippen LogP contribution in [0.3, 0.4) is 0 Å². The van der Waals surface area contributed by atoms with Gasteiger partial charge in [0.25, 0.3) is 0 Å². The first kappa shape index (κ1) is 16.7. The van der Waals surface area contributed by atoms with Gasteiger partial charge < -0.3 is 14.9 Å². The second kappa shape index (κ2) is 6.63. The molecule has 1 aromatic heterocycles. The average molecular weight is 311 g/mol. The molecule has 0 aliphatic heterocycles. The highest BCUT2D eigenvalue weighted by Gasteiger charge is 2.40. The van der Waals surface area contributed by atoms with Crippen LogP contribution < -0.4 is 4.90 Å². The summed E-state index contributed by atoms with van der Waals surface area (Å²) in [6, 6.07) is 0. The zero-order valence-corrected chi connectivity index (χ0v) is 14.8. The van der Waals surface area contributed by atoms with E-state index in [4.69, 9.17) is 4.98 Å². The summed E-state index contributed by atoms with van der Waals surface area (Å²) in [5, 5.41) is 10.6. The van der Waals surface area contributed by atoms with Gasteiger partial charge in [0.2, 0.25) is 0 Å². The fourth-order valence-corrected chi connectivity index (χ4v) is 4.05. The van der Waals surface area contributed by atoms with Crippen molar-refractivity contribution in [2.45, 2.75) is 57.6 Å². The summed E-state index contributed by atoms with van der Waals surface area (Å²) in [4.78, 5) is 10.5. The summed E-state index contributed by atoms with van der Waals surface area (Å²) in [6.45, 7) is 5.47. The predicted octanol–water partition coefficient (Wildman–Crippen LogP) is 3.07. The van der Waals surface area contributed by atoms with Crippen molar-refractivity contribution in [2.75, 3.05) is 32.6 Å². The van der Waals surface area contributed by atoms with Gasteiger partial charge in [0.15, 0.2) is 5.13 Å². The van der Waals surface area contributed by atoms with Crippen LogP contribution in [0.15, 0.2) is 0 Å². The van der Waals surface area contributed by atoms with E-state index in [1.165, 1.54) is 19.3 Å². The molecule has 0 aromatic carbocycles. The zero-order chi connectivity index (χ0) is 15.6. The third-order valence-electron chi connectivity index (χ3n) is 5.03. The molecule has 1 aliphatic rings. The highest BCUT2D eigenvalue weighted by atomic mass is 32.1. The summed E-state index contributed by atoms with van der Waals surface area (Å²) in [7, 11) is 6.49. The van der Waals surface area contributed by atoms with E-state index >= 15 is 0 Å². The molecule has 0 saturated heterocycles. The van der Waals surface area contributed by atoms with Gasteiger partial charge in [0, 0.05) is 19.1 Å². The maximum atomic E-state index is 9.58. The second-order valence-corrected chi connectivity index (χ2v) is 7.66. The maximum Gasteiger partial charge on any atom is 0.185 e. The molecule has 5 heteroatoms. The quantitative estimate of drug-likeness (QED) is 0.840. The number of rotatable bonds is 7. The lowest BCUT2D eigenvalue weighted by Gasteiger charge is -2.49. The van der Waals surface area contributed by atoms with Crippen LogP contribution in [-0.4, -0.2) is 48.2 Å². The van der Waals surface area contributed by atoms with Crippen LogP contribution in [0.1, 0.15) is 56.0 Å². The first-order chi connectivity index (χ1) is 9.93. The highest BCUT2D eigenvalue weighted by Crippen LogP contribution is 2.39. The van der Waals surface area contributed by atoms with Gasteiger partial charge in [-0.25, -0.2) is 4.98 Å². The lowest BCUT2D eigenvalue weighted by atomic mass is 9.75. The van der Waals surface area contributed by atoms with Gasteiger partial charge in [0.05, 0.1) is 17.2 Å². The number of thiazole rings is 1. The number of hydrogen-bond acceptors (Lipinski definition) is 5. The van der Waals surface area contributed by atoms with Crippen LogP contribution in [0.5, 0.6) is 0 Å². The number of nitrogens with zero attached hydrogens (tertiary/aromatic N) is 3. The summed E-state index contributed by atoms with van der Waals surface area (Å²) in [5.74, 6) is 0.414. The van der Waals surface area contributed by atoms with E-state index in [2.05, 4.69) is 44.8 Å². The van der Waals surface area contributed by atoms with Crippen molar-refractivity contribution in [3.8, 4) is 0 Å². The molecule has 21 heavy (non-hydrogen) atoms. The van der Waals surface area contributed by atoms with Gasteiger partial charge >= 0.3 is 0 Å². The van der Waals surface area contributed by atoms with Crippen molar-refractivity contribution in [1.29, 1.82) is 0 Å². The van der Waals surface area contributed by atoms with E-state index in [0.717, 1.165) is 28.7 Å². The molecule has 1 N–H and O–H groups in total. The molecule has 4 nitrogen and oxygen atoms in total. The minimum atomic E-state index is 0.101. The van der Waals surface area contributed by atoms with E-state index in [1.54, 1.807) is 11.3 Å². The lowest BCUT2D eigenvalue weighted by molar-refractivity contribution is 0.0683. The first-order valence-corrected chi connectivity index (χ1v) is 8.74. The molecule has 0 radical (unpaired) electrons. The Morgan fingerprint density at radius 3 is 2.43 bits per heavy atom. The minimum absolute atomic E-state index is 0.101. The van der Waals surface area contributed by atoms with Gasteiger partial charge in [-0.15, -0.1) is 0 Å². The molecular weight excluding hydrogens is 282 g/mol. The van der Waals surface area contributed by atoms with E-state index in [1.807, 2.05) is 0 Å². The normalized spacial score (nSPS) is 18.6. The molecule has 0 spiro atoms. The number of likely N-dealkylation sites (N-methyl/N-ethyl adjacent to an activating group) is 2. The third-order valence-corrected chi connectivity index (χ3v) is 6.20. The number of aliphatic hydroxyl groups excluding tert-OH is 1. The van der Waals surface area contributed by atoms with E-state index in [9.17, 15) is 5.11 Å². The van der Waals surface area contributed by atoms with Gasteiger partial charge in [-0.1, -0.05) is 25.2 Å². The highest BCUT2D eigenvalue weighted by molar-refractivity contribution is 7.15. The summed E-state index contributed by atoms with van der Waals surface area (Å²) in [5.41, 5.74) is 1.38. The van der Waals surface area contributed by atoms with E-state index < -0.39 is 0 Å². The van der Waals surface area contributed by atoms with Gasteiger partial charge in [-0.05, 0) is 45.7 Å². The van der Waals surface area contributed by atoms with Crippen molar-refractivity contribution in [3.05, 3.63) is 10.6 Å². The molecule has 0 bridgehead atoms. The Bertz CT molecular complexity index is 468. The van der Waals surface area contributed by atoms with E-state index in [0.29, 0.717) is 11.5 Å². The Morgan fingerprint density at radius 1 is 1.33 bits per heavy atom. The molecule has 1 saturated carbocycles.